The zero-order valence-corrected chi connectivity index (χ0v) is 22.6. The number of hydrogen-bond acceptors (Lipinski definition) is 5. The van der Waals surface area contributed by atoms with E-state index in [0.717, 1.165) is 77.1 Å². The van der Waals surface area contributed by atoms with E-state index in [9.17, 15) is 18.0 Å². The van der Waals surface area contributed by atoms with Crippen molar-refractivity contribution in [3.63, 3.8) is 0 Å². The number of alkyl halides is 3. The summed E-state index contributed by atoms with van der Waals surface area (Å²) in [5.74, 6) is 0.130. The molecular formula is C30H39F3N2O3. The molecule has 38 heavy (non-hydrogen) atoms. The predicted molar refractivity (Wildman–Crippen MR) is 143 cm³/mol. The van der Waals surface area contributed by atoms with Crippen molar-refractivity contribution in [2.75, 3.05) is 20.2 Å². The fourth-order valence-corrected chi connectivity index (χ4v) is 5.36. The van der Waals surface area contributed by atoms with Crippen LogP contribution >= 0.6 is 0 Å². The third kappa shape index (κ3) is 7.67. The van der Waals surface area contributed by atoms with Crippen LogP contribution in [-0.2, 0) is 35.4 Å². The van der Waals surface area contributed by atoms with Crippen LogP contribution in [0.25, 0.3) is 0 Å². The lowest BCUT2D eigenvalue weighted by atomic mass is 9.81. The minimum Gasteiger partial charge on any atom is -0.400 e. The van der Waals surface area contributed by atoms with Crippen molar-refractivity contribution in [3.05, 3.63) is 69.8 Å². The second-order valence-electron chi connectivity index (χ2n) is 10.1. The molecule has 0 unspecified atom stereocenters. The van der Waals surface area contributed by atoms with E-state index in [0.29, 0.717) is 16.8 Å². The highest BCUT2D eigenvalue weighted by atomic mass is 19.4. The summed E-state index contributed by atoms with van der Waals surface area (Å²) in [5.41, 5.74) is 4.39. The van der Waals surface area contributed by atoms with Crippen molar-refractivity contribution in [1.29, 1.82) is 0 Å². The summed E-state index contributed by atoms with van der Waals surface area (Å²) in [5, 5.41) is 11.2. The van der Waals surface area contributed by atoms with Crippen LogP contribution in [0.5, 0.6) is 0 Å². The van der Waals surface area contributed by atoms with Gasteiger partial charge in [0.1, 0.15) is 12.9 Å². The first kappa shape index (κ1) is 29.8. The highest BCUT2D eigenvalue weighted by molar-refractivity contribution is 5.98. The van der Waals surface area contributed by atoms with Crippen LogP contribution in [0.1, 0.15) is 85.3 Å². The fraction of sp³-hybridized carbons (Fsp3) is 0.533. The van der Waals surface area contributed by atoms with Gasteiger partial charge in [0.05, 0.1) is 11.3 Å². The SMILES string of the molecule is CCc1cc(/C(C)=N/OCc2ccc(C3CCCCC3)c(C(F)(F)F)c2)ccc1CN1CC(C=O)C1.CO. The Morgan fingerprint density at radius 1 is 1.08 bits per heavy atom. The molecule has 0 aromatic heterocycles. The normalized spacial score (nSPS) is 17.4. The molecule has 1 saturated carbocycles. The summed E-state index contributed by atoms with van der Waals surface area (Å²) in [6.45, 7) is 6.35. The number of aldehydes is 1. The van der Waals surface area contributed by atoms with Gasteiger partial charge in [-0.15, -0.1) is 0 Å². The second kappa shape index (κ2) is 13.9. The summed E-state index contributed by atoms with van der Waals surface area (Å²) in [6, 6.07) is 10.8. The smallest absolute Gasteiger partial charge is 0.400 e. The summed E-state index contributed by atoms with van der Waals surface area (Å²) in [7, 11) is 1.00. The molecule has 0 radical (unpaired) electrons. The van der Waals surface area contributed by atoms with Gasteiger partial charge in [-0.25, -0.2) is 0 Å². The van der Waals surface area contributed by atoms with E-state index < -0.39 is 11.7 Å². The summed E-state index contributed by atoms with van der Waals surface area (Å²) < 4.78 is 41.4. The van der Waals surface area contributed by atoms with Crippen LogP contribution in [0.4, 0.5) is 13.2 Å². The number of aliphatic hydroxyl groups excluding tert-OH is 1. The Balaban J connectivity index is 0.00000195. The number of nitrogens with zero attached hydrogens (tertiary/aromatic N) is 2. The minimum atomic E-state index is -4.38. The first-order valence-corrected chi connectivity index (χ1v) is 13.4. The van der Waals surface area contributed by atoms with E-state index in [1.54, 1.807) is 12.1 Å². The predicted octanol–water partition coefficient (Wildman–Crippen LogP) is 6.50. The molecule has 1 aliphatic carbocycles. The van der Waals surface area contributed by atoms with Gasteiger partial charge in [-0.1, -0.05) is 55.6 Å². The van der Waals surface area contributed by atoms with Gasteiger partial charge in [-0.2, -0.15) is 13.2 Å². The molecule has 2 fully saturated rings. The van der Waals surface area contributed by atoms with Crippen LogP contribution in [0.3, 0.4) is 0 Å². The van der Waals surface area contributed by atoms with Gasteiger partial charge in [0.25, 0.3) is 0 Å². The Morgan fingerprint density at radius 2 is 1.79 bits per heavy atom. The topological polar surface area (TPSA) is 62.1 Å². The van der Waals surface area contributed by atoms with Gasteiger partial charge < -0.3 is 14.7 Å². The highest BCUT2D eigenvalue weighted by Crippen LogP contribution is 2.41. The van der Waals surface area contributed by atoms with Crippen LogP contribution in [-0.4, -0.2) is 42.2 Å². The molecular weight excluding hydrogens is 493 g/mol. The molecule has 2 aromatic carbocycles. The van der Waals surface area contributed by atoms with E-state index in [-0.39, 0.29) is 18.4 Å². The molecule has 0 spiro atoms. The van der Waals surface area contributed by atoms with Gasteiger partial charge in [0.15, 0.2) is 0 Å². The number of hydrogen-bond donors (Lipinski definition) is 1. The number of halogens is 3. The van der Waals surface area contributed by atoms with Gasteiger partial charge >= 0.3 is 6.18 Å². The molecule has 1 heterocycles. The number of carbonyl (C=O) groups excluding carboxylic acids is 1. The van der Waals surface area contributed by atoms with Crippen molar-refractivity contribution < 1.29 is 27.9 Å². The molecule has 1 aliphatic heterocycles. The maximum atomic E-state index is 13.8. The maximum Gasteiger partial charge on any atom is 0.416 e. The van der Waals surface area contributed by atoms with Gasteiger partial charge in [0.2, 0.25) is 0 Å². The van der Waals surface area contributed by atoms with Crippen molar-refractivity contribution in [2.45, 2.75) is 77.6 Å². The highest BCUT2D eigenvalue weighted by Gasteiger charge is 2.35. The van der Waals surface area contributed by atoms with Crippen LogP contribution < -0.4 is 0 Å². The monoisotopic (exact) mass is 532 g/mol. The Labute approximate surface area is 223 Å². The zero-order valence-electron chi connectivity index (χ0n) is 22.6. The van der Waals surface area contributed by atoms with Crippen LogP contribution in [0, 0.1) is 5.92 Å². The van der Waals surface area contributed by atoms with E-state index in [2.05, 4.69) is 29.1 Å². The quantitative estimate of drug-likeness (QED) is 0.228. The minimum absolute atomic E-state index is 0.0169. The number of rotatable bonds is 9. The second-order valence-corrected chi connectivity index (χ2v) is 10.1. The van der Waals surface area contributed by atoms with Crippen LogP contribution in [0.15, 0.2) is 41.6 Å². The average molecular weight is 533 g/mol. The van der Waals surface area contributed by atoms with Crippen molar-refractivity contribution in [3.8, 4) is 0 Å². The molecule has 1 saturated heterocycles. The fourth-order valence-electron chi connectivity index (χ4n) is 5.36. The van der Waals surface area contributed by atoms with Gasteiger partial charge in [-0.3, -0.25) is 4.90 Å². The number of likely N-dealkylation sites (tertiary alicyclic amines) is 1. The number of carbonyl (C=O) groups is 1. The number of aliphatic hydroxyl groups is 1. The Bertz CT molecular complexity index is 1090. The lowest BCUT2D eigenvalue weighted by Gasteiger charge is -2.36. The van der Waals surface area contributed by atoms with Crippen molar-refractivity contribution in [2.24, 2.45) is 11.1 Å². The first-order chi connectivity index (χ1) is 18.3. The maximum absolute atomic E-state index is 13.8. The van der Waals surface area contributed by atoms with Crippen molar-refractivity contribution in [1.82, 2.24) is 4.90 Å². The third-order valence-electron chi connectivity index (χ3n) is 7.48. The zero-order chi connectivity index (χ0) is 27.7. The molecule has 2 aliphatic rings. The van der Waals surface area contributed by atoms with Crippen molar-refractivity contribution >= 4 is 12.0 Å². The molecule has 8 heteroatoms. The van der Waals surface area contributed by atoms with E-state index in [1.807, 2.05) is 13.0 Å². The summed E-state index contributed by atoms with van der Waals surface area (Å²) in [4.78, 5) is 18.6. The Kier molecular flexibility index (Phi) is 10.9. The molecule has 0 bridgehead atoms. The number of oxime groups is 1. The number of benzene rings is 2. The number of aryl methyl sites for hydroxylation is 1. The van der Waals surface area contributed by atoms with E-state index in [1.165, 1.54) is 17.2 Å². The Hall–Kier alpha value is -2.71. The third-order valence-corrected chi connectivity index (χ3v) is 7.48. The molecule has 1 N–H and O–H groups in total. The van der Waals surface area contributed by atoms with Gasteiger partial charge in [-0.05, 0) is 72.1 Å². The first-order valence-electron chi connectivity index (χ1n) is 13.4. The summed E-state index contributed by atoms with van der Waals surface area (Å²) >= 11 is 0. The summed E-state index contributed by atoms with van der Waals surface area (Å²) in [6.07, 6.45) is 2.22. The molecule has 208 valence electrons. The van der Waals surface area contributed by atoms with E-state index in [4.69, 9.17) is 9.94 Å². The molecule has 0 amide bonds. The largest absolute Gasteiger partial charge is 0.416 e. The van der Waals surface area contributed by atoms with Gasteiger partial charge in [0, 0.05) is 32.7 Å². The standard InChI is InChI=1S/C29H35F3N2O2.CH4O/c1-3-23-14-25(10-11-26(23)17-34-15-22(16-34)18-35)20(2)33-36-19-21-9-12-27(24-7-5-4-6-8-24)28(13-21)29(30,31)32;1-2/h9-14,18,22,24H,3-8,15-17,19H2,1-2H3;2H,1H3/b33-20+;. The lowest BCUT2D eigenvalue weighted by molar-refractivity contribution is -0.138. The molecule has 5 nitrogen and oxygen atoms in total. The van der Waals surface area contributed by atoms with E-state index >= 15 is 0 Å². The molecule has 0 atom stereocenters. The molecule has 2 aromatic rings. The average Bonchev–Trinajstić information content (AvgIpc) is 2.91. The Morgan fingerprint density at radius 3 is 2.42 bits per heavy atom. The van der Waals surface area contributed by atoms with Crippen LogP contribution in [0.2, 0.25) is 0 Å². The molecule has 4 rings (SSSR count). The lowest BCUT2D eigenvalue weighted by Crippen LogP contribution is -2.46.